The van der Waals surface area contributed by atoms with Crippen LogP contribution in [0.2, 0.25) is 0 Å². The first-order valence-corrected chi connectivity index (χ1v) is 6.43. The second-order valence-electron chi connectivity index (χ2n) is 3.76. The Kier molecular flexibility index (Phi) is 5.52. The number of rotatable bonds is 3. The molecule has 1 aliphatic heterocycles. The maximum atomic E-state index is 11.3. The Hall–Kier alpha value is -0.320. The highest BCUT2D eigenvalue weighted by molar-refractivity contribution is 7.09. The Bertz CT molecular complexity index is 332. The lowest BCUT2D eigenvalue weighted by Crippen LogP contribution is -2.29. The van der Waals surface area contributed by atoms with E-state index < -0.39 is 0 Å². The van der Waals surface area contributed by atoms with Crippen molar-refractivity contribution in [2.45, 2.75) is 12.8 Å². The van der Waals surface area contributed by atoms with E-state index in [0.29, 0.717) is 5.92 Å². The summed E-state index contributed by atoms with van der Waals surface area (Å²) in [4.78, 5) is 17.5. The van der Waals surface area contributed by atoms with Crippen molar-refractivity contribution in [3.63, 3.8) is 0 Å². The first-order chi connectivity index (χ1) is 7.29. The predicted molar refractivity (Wildman–Crippen MR) is 68.5 cm³/mol. The third-order valence-corrected chi connectivity index (χ3v) is 3.73. The predicted octanol–water partition coefficient (Wildman–Crippen LogP) is 2.19. The molecule has 6 heteroatoms. The van der Waals surface area contributed by atoms with Gasteiger partial charge in [-0.05, 0) is 12.3 Å². The molecule has 1 atom stereocenters. The molecule has 1 saturated heterocycles. The van der Waals surface area contributed by atoms with E-state index in [-0.39, 0.29) is 24.2 Å². The van der Waals surface area contributed by atoms with Crippen LogP contribution in [-0.4, -0.2) is 34.8 Å². The van der Waals surface area contributed by atoms with Crippen molar-refractivity contribution in [1.82, 2.24) is 9.88 Å². The Morgan fingerprint density at radius 3 is 3.12 bits per heavy atom. The Labute approximate surface area is 110 Å². The molecule has 3 nitrogen and oxygen atoms in total. The quantitative estimate of drug-likeness (QED) is 0.796. The fourth-order valence-electron chi connectivity index (χ4n) is 1.91. The number of alkyl halides is 1. The van der Waals surface area contributed by atoms with Gasteiger partial charge in [-0.15, -0.1) is 35.3 Å². The van der Waals surface area contributed by atoms with Crippen LogP contribution in [0.4, 0.5) is 0 Å². The summed E-state index contributed by atoms with van der Waals surface area (Å²) in [5.41, 5.74) is 0. The first-order valence-electron chi connectivity index (χ1n) is 5.01. The molecule has 16 heavy (non-hydrogen) atoms. The molecule has 1 aromatic rings. The number of amides is 1. The summed E-state index contributed by atoms with van der Waals surface area (Å²) in [5, 5.41) is 3.16. The molecule has 90 valence electrons. The van der Waals surface area contributed by atoms with E-state index in [2.05, 4.69) is 4.98 Å². The normalized spacial score (nSPS) is 19.6. The van der Waals surface area contributed by atoms with Crippen LogP contribution < -0.4 is 0 Å². The Balaban J connectivity index is 0.00000128. The van der Waals surface area contributed by atoms with Gasteiger partial charge in [0.2, 0.25) is 5.91 Å². The van der Waals surface area contributed by atoms with Gasteiger partial charge in [-0.1, -0.05) is 0 Å². The number of hydrogen-bond donors (Lipinski definition) is 0. The standard InChI is InChI=1S/C10H13ClN2OS.ClH/c11-6-10(14)13-3-1-8(7-13)5-9-12-2-4-15-9;/h2,4,8H,1,3,5-7H2;1H. The van der Waals surface area contributed by atoms with Gasteiger partial charge in [0.25, 0.3) is 0 Å². The van der Waals surface area contributed by atoms with Gasteiger partial charge in [0.05, 0.1) is 5.01 Å². The van der Waals surface area contributed by atoms with Crippen molar-refractivity contribution < 1.29 is 4.79 Å². The van der Waals surface area contributed by atoms with Gasteiger partial charge in [0.15, 0.2) is 0 Å². The van der Waals surface area contributed by atoms with Crippen LogP contribution in [0.15, 0.2) is 11.6 Å². The second kappa shape index (κ2) is 6.42. The molecule has 1 unspecified atom stereocenters. The van der Waals surface area contributed by atoms with Gasteiger partial charge in [-0.2, -0.15) is 0 Å². The summed E-state index contributed by atoms with van der Waals surface area (Å²) in [6, 6.07) is 0. The van der Waals surface area contributed by atoms with Gasteiger partial charge in [0.1, 0.15) is 5.88 Å². The highest BCUT2D eigenvalue weighted by Crippen LogP contribution is 2.21. The third kappa shape index (κ3) is 3.34. The molecule has 1 fully saturated rings. The Morgan fingerprint density at radius 2 is 2.50 bits per heavy atom. The average molecular weight is 281 g/mol. The van der Waals surface area contributed by atoms with Crippen LogP contribution in [0.1, 0.15) is 11.4 Å². The van der Waals surface area contributed by atoms with Crippen molar-refractivity contribution in [2.75, 3.05) is 19.0 Å². The minimum atomic E-state index is 0. The van der Waals surface area contributed by atoms with Crippen LogP contribution in [0.25, 0.3) is 0 Å². The topological polar surface area (TPSA) is 33.2 Å². The molecule has 1 aromatic heterocycles. The average Bonchev–Trinajstić information content (AvgIpc) is 2.88. The van der Waals surface area contributed by atoms with Gasteiger partial charge in [-0.25, -0.2) is 4.98 Å². The SMILES string of the molecule is Cl.O=C(CCl)N1CCC(Cc2nccs2)C1. The van der Waals surface area contributed by atoms with E-state index >= 15 is 0 Å². The van der Waals surface area contributed by atoms with Crippen molar-refractivity contribution in [2.24, 2.45) is 5.92 Å². The molecular weight excluding hydrogens is 267 g/mol. The van der Waals surface area contributed by atoms with Crippen LogP contribution >= 0.6 is 35.3 Å². The van der Waals surface area contributed by atoms with E-state index in [1.807, 2.05) is 16.5 Å². The zero-order chi connectivity index (χ0) is 10.7. The number of nitrogens with zero attached hydrogens (tertiary/aromatic N) is 2. The molecule has 0 saturated carbocycles. The first kappa shape index (κ1) is 13.7. The molecule has 0 aromatic carbocycles. The van der Waals surface area contributed by atoms with Crippen LogP contribution in [0, 0.1) is 5.92 Å². The van der Waals surface area contributed by atoms with Crippen molar-refractivity contribution in [3.8, 4) is 0 Å². The number of thiazole rings is 1. The van der Waals surface area contributed by atoms with E-state index in [0.717, 1.165) is 25.9 Å². The highest BCUT2D eigenvalue weighted by atomic mass is 35.5. The van der Waals surface area contributed by atoms with E-state index in [1.165, 1.54) is 5.01 Å². The third-order valence-electron chi connectivity index (χ3n) is 2.70. The monoisotopic (exact) mass is 280 g/mol. The zero-order valence-electron chi connectivity index (χ0n) is 8.76. The van der Waals surface area contributed by atoms with Crippen LogP contribution in [0.5, 0.6) is 0 Å². The molecule has 0 radical (unpaired) electrons. The maximum absolute atomic E-state index is 11.3. The van der Waals surface area contributed by atoms with E-state index in [9.17, 15) is 4.79 Å². The second-order valence-corrected chi connectivity index (χ2v) is 5.00. The summed E-state index contributed by atoms with van der Waals surface area (Å²) in [7, 11) is 0. The minimum absolute atomic E-state index is 0. The molecule has 0 aliphatic carbocycles. The minimum Gasteiger partial charge on any atom is -0.341 e. The summed E-state index contributed by atoms with van der Waals surface area (Å²) >= 11 is 7.21. The molecule has 1 aliphatic rings. The number of carbonyl (C=O) groups is 1. The van der Waals surface area contributed by atoms with E-state index in [4.69, 9.17) is 11.6 Å². The van der Waals surface area contributed by atoms with Crippen molar-refractivity contribution in [1.29, 1.82) is 0 Å². The summed E-state index contributed by atoms with van der Waals surface area (Å²) in [6.07, 6.45) is 3.89. The molecule has 0 bridgehead atoms. The lowest BCUT2D eigenvalue weighted by atomic mass is 10.1. The number of likely N-dealkylation sites (tertiary alicyclic amines) is 1. The molecule has 2 rings (SSSR count). The number of halogens is 2. The smallest absolute Gasteiger partial charge is 0.237 e. The highest BCUT2D eigenvalue weighted by Gasteiger charge is 2.26. The van der Waals surface area contributed by atoms with Gasteiger partial charge in [-0.3, -0.25) is 4.79 Å². The summed E-state index contributed by atoms with van der Waals surface area (Å²) < 4.78 is 0. The van der Waals surface area contributed by atoms with Crippen molar-refractivity contribution >= 4 is 41.3 Å². The number of aromatic nitrogens is 1. The van der Waals surface area contributed by atoms with Gasteiger partial charge in [0, 0.05) is 31.1 Å². The lowest BCUT2D eigenvalue weighted by Gasteiger charge is -2.14. The summed E-state index contributed by atoms with van der Waals surface area (Å²) in [5.74, 6) is 0.714. The largest absolute Gasteiger partial charge is 0.341 e. The van der Waals surface area contributed by atoms with Gasteiger partial charge < -0.3 is 4.90 Å². The molecular formula is C10H14Cl2N2OS. The molecule has 0 N–H and O–H groups in total. The van der Waals surface area contributed by atoms with Crippen LogP contribution in [-0.2, 0) is 11.2 Å². The fraction of sp³-hybridized carbons (Fsp3) is 0.600. The number of hydrogen-bond acceptors (Lipinski definition) is 3. The zero-order valence-corrected chi connectivity index (χ0v) is 11.2. The molecule has 1 amide bonds. The Morgan fingerprint density at radius 1 is 1.69 bits per heavy atom. The fourth-order valence-corrected chi connectivity index (χ4v) is 2.81. The molecule has 2 heterocycles. The number of carbonyl (C=O) groups excluding carboxylic acids is 1. The maximum Gasteiger partial charge on any atom is 0.237 e. The van der Waals surface area contributed by atoms with Gasteiger partial charge >= 0.3 is 0 Å². The van der Waals surface area contributed by atoms with Crippen LogP contribution in [0.3, 0.4) is 0 Å². The summed E-state index contributed by atoms with van der Waals surface area (Å²) in [6.45, 7) is 1.69. The van der Waals surface area contributed by atoms with Crippen molar-refractivity contribution in [3.05, 3.63) is 16.6 Å². The van der Waals surface area contributed by atoms with E-state index in [1.54, 1.807) is 11.3 Å². The molecule has 0 spiro atoms. The lowest BCUT2D eigenvalue weighted by molar-refractivity contribution is -0.127.